The number of benzene rings is 2. The van der Waals surface area contributed by atoms with E-state index in [0.29, 0.717) is 17.0 Å². The quantitative estimate of drug-likeness (QED) is 0.472. The zero-order valence-electron chi connectivity index (χ0n) is 18.8. The molecule has 4 rings (SSSR count). The molecule has 0 spiro atoms. The molecule has 0 unspecified atom stereocenters. The molecule has 1 amide bonds. The van der Waals surface area contributed by atoms with Crippen LogP contribution in [0.5, 0.6) is 0 Å². The average molecular weight is 432 g/mol. The summed E-state index contributed by atoms with van der Waals surface area (Å²) in [6.45, 7) is 3.69. The van der Waals surface area contributed by atoms with Gasteiger partial charge in [-0.05, 0) is 43.7 Å². The van der Waals surface area contributed by atoms with Gasteiger partial charge in [0.15, 0.2) is 0 Å². The minimum atomic E-state index is 0.0776. The van der Waals surface area contributed by atoms with Gasteiger partial charge in [0.05, 0.1) is 17.1 Å². The Labute approximate surface area is 190 Å². The predicted octanol–water partition coefficient (Wildman–Crippen LogP) is 4.23. The third kappa shape index (κ3) is 5.19. The second-order valence-electron chi connectivity index (χ2n) is 8.88. The molecule has 0 bridgehead atoms. The predicted molar refractivity (Wildman–Crippen MR) is 133 cm³/mol. The summed E-state index contributed by atoms with van der Waals surface area (Å²) in [5.74, 6) is 0.161. The molecular weight excluding hydrogens is 398 g/mol. The van der Waals surface area contributed by atoms with Crippen LogP contribution in [0.15, 0.2) is 48.5 Å². The molecule has 4 N–H and O–H groups in total. The van der Waals surface area contributed by atoms with Gasteiger partial charge >= 0.3 is 0 Å². The van der Waals surface area contributed by atoms with Crippen molar-refractivity contribution in [3.63, 3.8) is 0 Å². The normalized spacial score (nSPS) is 17.7. The number of likely N-dealkylation sites (N-methyl/N-ethyl adjacent to an activating group) is 1. The van der Waals surface area contributed by atoms with Gasteiger partial charge < -0.3 is 26.3 Å². The van der Waals surface area contributed by atoms with Crippen molar-refractivity contribution in [3.8, 4) is 0 Å². The summed E-state index contributed by atoms with van der Waals surface area (Å²) in [5.41, 5.74) is 10.7. The summed E-state index contributed by atoms with van der Waals surface area (Å²) in [6, 6.07) is 13.7. The van der Waals surface area contributed by atoms with E-state index in [1.807, 2.05) is 48.5 Å². The van der Waals surface area contributed by atoms with E-state index in [9.17, 15) is 4.79 Å². The molecular formula is C26H33N5O. The molecule has 1 saturated carbocycles. The first-order valence-corrected chi connectivity index (χ1v) is 11.5. The number of carbonyl (C=O) groups is 1. The first-order valence-electron chi connectivity index (χ1n) is 11.5. The summed E-state index contributed by atoms with van der Waals surface area (Å²) in [7, 11) is 2.12. The lowest BCUT2D eigenvalue weighted by atomic mass is 10.0. The molecule has 1 saturated heterocycles. The number of nitrogen functional groups attached to an aromatic ring is 1. The number of nitrogens with zero attached hydrogens (tertiary/aromatic N) is 2. The largest absolute Gasteiger partial charge is 0.398 e. The summed E-state index contributed by atoms with van der Waals surface area (Å²) in [5, 5.41) is 11.8. The Bertz CT molecular complexity index is 987. The molecule has 2 aromatic carbocycles. The summed E-state index contributed by atoms with van der Waals surface area (Å²) in [6.07, 6.45) is 7.81. The minimum absolute atomic E-state index is 0.0776. The number of allylic oxidation sites excluding steroid dienone is 1. The highest BCUT2D eigenvalue weighted by Crippen LogP contribution is 2.34. The SMILES string of the molecule is CN1CCN(c2cc(N)c(C(=N)/C=C/c3ccccc3)cc2NC(=O)C2CCCC2)CC1. The number of anilines is 3. The highest BCUT2D eigenvalue weighted by atomic mass is 16.1. The van der Waals surface area contributed by atoms with E-state index in [-0.39, 0.29) is 11.8 Å². The second kappa shape index (κ2) is 10.0. The van der Waals surface area contributed by atoms with E-state index in [4.69, 9.17) is 11.1 Å². The third-order valence-electron chi connectivity index (χ3n) is 6.53. The van der Waals surface area contributed by atoms with Crippen molar-refractivity contribution in [3.05, 3.63) is 59.7 Å². The van der Waals surface area contributed by atoms with E-state index in [1.54, 1.807) is 6.08 Å². The minimum Gasteiger partial charge on any atom is -0.398 e. The van der Waals surface area contributed by atoms with Crippen LogP contribution < -0.4 is 16.0 Å². The second-order valence-corrected chi connectivity index (χ2v) is 8.88. The van der Waals surface area contributed by atoms with Gasteiger partial charge in [-0.15, -0.1) is 0 Å². The fourth-order valence-electron chi connectivity index (χ4n) is 4.50. The third-order valence-corrected chi connectivity index (χ3v) is 6.53. The number of piperazine rings is 1. The van der Waals surface area contributed by atoms with Crippen LogP contribution in [0, 0.1) is 11.3 Å². The molecule has 6 nitrogen and oxygen atoms in total. The van der Waals surface area contributed by atoms with Gasteiger partial charge in [-0.3, -0.25) is 4.79 Å². The standard InChI is InChI=1S/C26H33N5O/c1-30-13-15-31(16-14-30)25-18-23(28)21(22(27)12-11-19-7-3-2-4-8-19)17-24(25)29-26(32)20-9-5-6-10-20/h2-4,7-8,11-12,17-18,20,27H,5-6,9-10,13-16,28H2,1H3,(H,29,32)/b12-11+,27-22?. The Morgan fingerprint density at radius 1 is 1.09 bits per heavy atom. The zero-order chi connectivity index (χ0) is 22.5. The van der Waals surface area contributed by atoms with Crippen molar-refractivity contribution in [2.24, 2.45) is 5.92 Å². The fourth-order valence-corrected chi connectivity index (χ4v) is 4.50. The van der Waals surface area contributed by atoms with E-state index in [1.165, 1.54) is 0 Å². The van der Waals surface area contributed by atoms with Gasteiger partial charge in [0, 0.05) is 43.3 Å². The number of hydrogen-bond acceptors (Lipinski definition) is 5. The first-order chi connectivity index (χ1) is 15.5. The van der Waals surface area contributed by atoms with E-state index in [2.05, 4.69) is 22.2 Å². The Kier molecular flexibility index (Phi) is 6.90. The summed E-state index contributed by atoms with van der Waals surface area (Å²) in [4.78, 5) is 17.5. The molecule has 2 aliphatic rings. The molecule has 1 aliphatic heterocycles. The number of rotatable bonds is 6. The van der Waals surface area contributed by atoms with Crippen LogP contribution in [0.3, 0.4) is 0 Å². The summed E-state index contributed by atoms with van der Waals surface area (Å²) < 4.78 is 0. The monoisotopic (exact) mass is 431 g/mol. The number of carbonyl (C=O) groups excluding carboxylic acids is 1. The molecule has 168 valence electrons. The molecule has 0 radical (unpaired) electrons. The highest BCUT2D eigenvalue weighted by Gasteiger charge is 2.25. The first kappa shape index (κ1) is 22.1. The molecule has 32 heavy (non-hydrogen) atoms. The smallest absolute Gasteiger partial charge is 0.227 e. The van der Waals surface area contributed by atoms with Crippen molar-refractivity contribution < 1.29 is 4.79 Å². The Morgan fingerprint density at radius 3 is 2.47 bits per heavy atom. The number of nitrogens with one attached hydrogen (secondary N) is 2. The fraction of sp³-hybridized carbons (Fsp3) is 0.385. The Balaban J connectivity index is 1.63. The Hall–Kier alpha value is -3.12. The topological polar surface area (TPSA) is 85.4 Å². The Morgan fingerprint density at radius 2 is 1.78 bits per heavy atom. The molecule has 0 atom stereocenters. The average Bonchev–Trinajstić information content (AvgIpc) is 3.35. The van der Waals surface area contributed by atoms with Gasteiger partial charge in [0.1, 0.15) is 0 Å². The van der Waals surface area contributed by atoms with Crippen LogP contribution in [0.25, 0.3) is 6.08 Å². The number of amides is 1. The van der Waals surface area contributed by atoms with E-state index in [0.717, 1.165) is 68.8 Å². The highest BCUT2D eigenvalue weighted by molar-refractivity contribution is 6.13. The molecule has 1 heterocycles. The lowest BCUT2D eigenvalue weighted by Gasteiger charge is -2.35. The lowest BCUT2D eigenvalue weighted by Crippen LogP contribution is -2.44. The van der Waals surface area contributed by atoms with Gasteiger partial charge in [-0.25, -0.2) is 0 Å². The van der Waals surface area contributed by atoms with E-state index < -0.39 is 0 Å². The van der Waals surface area contributed by atoms with Gasteiger partial charge in [-0.1, -0.05) is 49.2 Å². The van der Waals surface area contributed by atoms with Crippen LogP contribution in [-0.2, 0) is 4.79 Å². The molecule has 6 heteroatoms. The maximum atomic E-state index is 12.9. The van der Waals surface area contributed by atoms with Crippen LogP contribution in [-0.4, -0.2) is 49.7 Å². The summed E-state index contributed by atoms with van der Waals surface area (Å²) >= 11 is 0. The maximum absolute atomic E-state index is 12.9. The van der Waals surface area contributed by atoms with Crippen molar-refractivity contribution in [2.75, 3.05) is 49.2 Å². The molecule has 1 aliphatic carbocycles. The van der Waals surface area contributed by atoms with Crippen LogP contribution in [0.1, 0.15) is 36.8 Å². The van der Waals surface area contributed by atoms with Gasteiger partial charge in [-0.2, -0.15) is 0 Å². The lowest BCUT2D eigenvalue weighted by molar-refractivity contribution is -0.119. The van der Waals surface area contributed by atoms with Gasteiger partial charge in [0.25, 0.3) is 0 Å². The molecule has 0 aromatic heterocycles. The van der Waals surface area contributed by atoms with Crippen LogP contribution >= 0.6 is 0 Å². The molecule has 2 aromatic rings. The van der Waals surface area contributed by atoms with Gasteiger partial charge in [0.2, 0.25) is 5.91 Å². The van der Waals surface area contributed by atoms with Crippen molar-refractivity contribution >= 4 is 34.8 Å². The zero-order valence-corrected chi connectivity index (χ0v) is 18.8. The number of nitrogens with two attached hydrogens (primary N) is 1. The maximum Gasteiger partial charge on any atom is 0.227 e. The van der Waals surface area contributed by atoms with Crippen molar-refractivity contribution in [2.45, 2.75) is 25.7 Å². The molecule has 2 fully saturated rings. The van der Waals surface area contributed by atoms with Crippen molar-refractivity contribution in [1.29, 1.82) is 5.41 Å². The van der Waals surface area contributed by atoms with Crippen LogP contribution in [0.4, 0.5) is 17.1 Å². The van der Waals surface area contributed by atoms with Crippen molar-refractivity contribution in [1.82, 2.24) is 4.90 Å². The number of hydrogen-bond donors (Lipinski definition) is 3. The van der Waals surface area contributed by atoms with Crippen LogP contribution in [0.2, 0.25) is 0 Å². The van der Waals surface area contributed by atoms with E-state index >= 15 is 0 Å².